The normalized spacial score (nSPS) is 10.2. The van der Waals surface area contributed by atoms with Crippen molar-refractivity contribution in [2.75, 3.05) is 6.61 Å². The summed E-state index contributed by atoms with van der Waals surface area (Å²) >= 11 is 0. The molecule has 0 aliphatic heterocycles. The summed E-state index contributed by atoms with van der Waals surface area (Å²) in [5, 5.41) is 0. The molecule has 3 heteroatoms. The molecule has 3 nitrogen and oxygen atoms in total. The number of rotatable bonds is 6. The number of hydrogen-bond donors (Lipinski definition) is 0. The van der Waals surface area contributed by atoms with Gasteiger partial charge in [0.25, 0.3) is 0 Å². The number of pyridine rings is 1. The zero-order chi connectivity index (χ0) is 9.36. The van der Waals surface area contributed by atoms with E-state index in [1.54, 1.807) is 0 Å². The molecule has 0 spiro atoms. The predicted molar refractivity (Wildman–Crippen MR) is 49.9 cm³/mol. The van der Waals surface area contributed by atoms with Crippen molar-refractivity contribution >= 4 is 0 Å². The third-order valence-corrected chi connectivity index (χ3v) is 1.95. The van der Waals surface area contributed by atoms with E-state index in [2.05, 4.69) is 9.82 Å². The maximum Gasteiger partial charge on any atom is 0.0720 e. The van der Waals surface area contributed by atoms with Crippen LogP contribution < -0.4 is 5.90 Å². The molecule has 0 aliphatic rings. The first-order valence-corrected chi connectivity index (χ1v) is 4.59. The molecule has 0 amide bonds. The summed E-state index contributed by atoms with van der Waals surface area (Å²) in [6.07, 6.45) is 7.84. The maximum atomic E-state index is 8.07. The summed E-state index contributed by atoms with van der Waals surface area (Å²) in [5.74, 6) is 8.07. The van der Waals surface area contributed by atoms with Crippen molar-refractivity contribution in [3.63, 3.8) is 0 Å². The van der Waals surface area contributed by atoms with Gasteiger partial charge in [0, 0.05) is 18.3 Å². The second-order valence-corrected chi connectivity index (χ2v) is 3.00. The molecule has 0 unspecified atom stereocenters. The minimum Gasteiger partial charge on any atom is -0.265 e. The molecule has 13 heavy (non-hydrogen) atoms. The third-order valence-electron chi connectivity index (χ3n) is 1.95. The summed E-state index contributed by atoms with van der Waals surface area (Å²) < 4.78 is 0. The first-order valence-electron chi connectivity index (χ1n) is 4.59. The topological polar surface area (TPSA) is 44.4 Å². The summed E-state index contributed by atoms with van der Waals surface area (Å²) in [6, 6.07) is 4.06. The first kappa shape index (κ1) is 10.2. The van der Waals surface area contributed by atoms with Crippen molar-refractivity contribution in [2.24, 2.45) is 0 Å². The lowest BCUT2D eigenvalue weighted by molar-refractivity contribution is 0.114. The van der Waals surface area contributed by atoms with E-state index in [-0.39, 0.29) is 0 Å². The Morgan fingerprint density at radius 1 is 1.15 bits per heavy atom. The quantitative estimate of drug-likeness (QED) is 0.492. The van der Waals surface area contributed by atoms with Crippen LogP contribution in [0.4, 0.5) is 0 Å². The standard InChI is InChI=1S/C10H14N2O/c11-13-9-3-1-2-4-10-5-7-12-8-6-10/h5-8H,1-4,9H2. The fourth-order valence-corrected chi connectivity index (χ4v) is 1.22. The van der Waals surface area contributed by atoms with Gasteiger partial charge in [0.1, 0.15) is 0 Å². The Balaban J connectivity index is 2.07. The van der Waals surface area contributed by atoms with Crippen molar-refractivity contribution in [3.05, 3.63) is 30.1 Å². The molecule has 1 rings (SSSR count). The Hall–Kier alpha value is -0.930. The van der Waals surface area contributed by atoms with E-state index in [1.165, 1.54) is 5.56 Å². The average Bonchev–Trinajstić information content (AvgIpc) is 2.19. The fraction of sp³-hybridized carbons (Fsp3) is 0.500. The monoisotopic (exact) mass is 178 g/mol. The van der Waals surface area contributed by atoms with E-state index in [0.29, 0.717) is 6.61 Å². The lowest BCUT2D eigenvalue weighted by atomic mass is 10.1. The second-order valence-electron chi connectivity index (χ2n) is 3.00. The smallest absolute Gasteiger partial charge is 0.0720 e. The Morgan fingerprint density at radius 2 is 1.92 bits per heavy atom. The summed E-state index contributed by atoms with van der Waals surface area (Å²) in [4.78, 5) is 7.93. The second kappa shape index (κ2) is 6.57. The van der Waals surface area contributed by atoms with Crippen LogP contribution in [0.2, 0.25) is 0 Å². The molecule has 70 valence electrons. The van der Waals surface area contributed by atoms with E-state index >= 15 is 0 Å². The average molecular weight is 178 g/mol. The predicted octanol–water partition coefficient (Wildman–Crippen LogP) is 1.79. The Labute approximate surface area is 78.9 Å². The highest BCUT2D eigenvalue weighted by atomic mass is 16.6. The lowest BCUT2D eigenvalue weighted by Gasteiger charge is -1.99. The van der Waals surface area contributed by atoms with Crippen LogP contribution in [0.3, 0.4) is 0 Å². The largest absolute Gasteiger partial charge is 0.265 e. The van der Waals surface area contributed by atoms with Crippen molar-refractivity contribution in [1.82, 2.24) is 10.9 Å². The first-order chi connectivity index (χ1) is 6.43. The maximum absolute atomic E-state index is 8.07. The Morgan fingerprint density at radius 3 is 2.62 bits per heavy atom. The van der Waals surface area contributed by atoms with E-state index in [4.69, 9.17) is 5.90 Å². The molecule has 0 saturated carbocycles. The van der Waals surface area contributed by atoms with Gasteiger partial charge in [-0.3, -0.25) is 9.82 Å². The van der Waals surface area contributed by atoms with Crippen LogP contribution in [0, 0.1) is 0 Å². The number of nitrogens with zero attached hydrogens (tertiary/aromatic N) is 2. The van der Waals surface area contributed by atoms with Crippen LogP contribution in [0.15, 0.2) is 24.5 Å². The molecule has 0 fully saturated rings. The van der Waals surface area contributed by atoms with Gasteiger partial charge >= 0.3 is 0 Å². The van der Waals surface area contributed by atoms with E-state index in [9.17, 15) is 0 Å². The zero-order valence-corrected chi connectivity index (χ0v) is 7.65. The van der Waals surface area contributed by atoms with Gasteiger partial charge in [0.2, 0.25) is 0 Å². The molecule has 2 radical (unpaired) electrons. The van der Waals surface area contributed by atoms with Gasteiger partial charge in [-0.2, -0.15) is 0 Å². The number of hydrogen-bond acceptors (Lipinski definition) is 2. The van der Waals surface area contributed by atoms with Crippen LogP contribution in [0.25, 0.3) is 0 Å². The van der Waals surface area contributed by atoms with Gasteiger partial charge in [-0.15, -0.1) is 0 Å². The van der Waals surface area contributed by atoms with Gasteiger partial charge in [0.05, 0.1) is 6.61 Å². The highest BCUT2D eigenvalue weighted by Gasteiger charge is 1.92. The highest BCUT2D eigenvalue weighted by molar-refractivity contribution is 5.09. The molecule has 1 aromatic heterocycles. The van der Waals surface area contributed by atoms with Gasteiger partial charge in [-0.1, -0.05) is 6.42 Å². The highest BCUT2D eigenvalue weighted by Crippen LogP contribution is 2.04. The van der Waals surface area contributed by atoms with Crippen molar-refractivity contribution in [2.45, 2.75) is 25.7 Å². The minimum absolute atomic E-state index is 0.441. The Kier molecular flexibility index (Phi) is 5.13. The third kappa shape index (κ3) is 4.60. The van der Waals surface area contributed by atoms with Crippen LogP contribution in [0.5, 0.6) is 0 Å². The summed E-state index contributed by atoms with van der Waals surface area (Å²) in [5.41, 5.74) is 1.32. The molecular weight excluding hydrogens is 164 g/mol. The van der Waals surface area contributed by atoms with Gasteiger partial charge in [-0.05, 0) is 37.0 Å². The minimum atomic E-state index is 0.441. The van der Waals surface area contributed by atoms with E-state index in [1.807, 2.05) is 24.5 Å². The molecule has 0 aromatic carbocycles. The molecule has 1 heterocycles. The molecule has 0 atom stereocenters. The zero-order valence-electron chi connectivity index (χ0n) is 7.65. The molecule has 1 aromatic rings. The van der Waals surface area contributed by atoms with E-state index in [0.717, 1.165) is 25.7 Å². The van der Waals surface area contributed by atoms with Crippen LogP contribution in [-0.2, 0) is 11.3 Å². The van der Waals surface area contributed by atoms with Crippen LogP contribution in [0.1, 0.15) is 24.8 Å². The summed E-state index contributed by atoms with van der Waals surface area (Å²) in [6.45, 7) is 0.441. The van der Waals surface area contributed by atoms with E-state index < -0.39 is 0 Å². The molecule has 0 N–H and O–H groups in total. The number of aryl methyl sites for hydroxylation is 1. The fourth-order valence-electron chi connectivity index (χ4n) is 1.22. The van der Waals surface area contributed by atoms with Gasteiger partial charge in [0.15, 0.2) is 0 Å². The lowest BCUT2D eigenvalue weighted by Crippen LogP contribution is -1.92. The van der Waals surface area contributed by atoms with Crippen molar-refractivity contribution in [3.8, 4) is 0 Å². The summed E-state index contributed by atoms with van der Waals surface area (Å²) in [7, 11) is 0. The molecule has 0 saturated heterocycles. The Bertz CT molecular complexity index is 213. The van der Waals surface area contributed by atoms with Crippen LogP contribution >= 0.6 is 0 Å². The van der Waals surface area contributed by atoms with Crippen molar-refractivity contribution in [1.29, 1.82) is 0 Å². The van der Waals surface area contributed by atoms with Crippen LogP contribution in [-0.4, -0.2) is 11.6 Å². The van der Waals surface area contributed by atoms with Crippen molar-refractivity contribution < 1.29 is 4.84 Å². The van der Waals surface area contributed by atoms with Gasteiger partial charge in [-0.25, -0.2) is 0 Å². The van der Waals surface area contributed by atoms with Gasteiger partial charge < -0.3 is 0 Å². The SMILES string of the molecule is [N]OCCCCCc1ccncc1. The molecule has 0 aliphatic carbocycles. The molecular formula is C10H14N2O. The number of aromatic nitrogens is 1. The molecule has 0 bridgehead atoms. The number of unbranched alkanes of at least 4 members (excludes halogenated alkanes) is 2.